The molecule has 3 aromatic rings. The van der Waals surface area contributed by atoms with Crippen molar-refractivity contribution in [3.05, 3.63) is 80.8 Å². The molecule has 37 heavy (non-hydrogen) atoms. The summed E-state index contributed by atoms with van der Waals surface area (Å²) >= 11 is 0. The summed E-state index contributed by atoms with van der Waals surface area (Å²) in [6.07, 6.45) is -4.96. The van der Waals surface area contributed by atoms with Gasteiger partial charge in [-0.05, 0) is 30.3 Å². The van der Waals surface area contributed by atoms with Crippen LogP contribution in [0.3, 0.4) is 0 Å². The van der Waals surface area contributed by atoms with E-state index >= 15 is 4.39 Å². The summed E-state index contributed by atoms with van der Waals surface area (Å²) in [6, 6.07) is 8.34. The highest BCUT2D eigenvalue weighted by atomic mass is 19.4. The Bertz CT molecular complexity index is 1530. The van der Waals surface area contributed by atoms with Crippen molar-refractivity contribution in [3.8, 4) is 11.8 Å². The number of aromatic amines is 1. The van der Waals surface area contributed by atoms with Crippen LogP contribution in [0.25, 0.3) is 0 Å². The number of hydrogen-bond donors (Lipinski definition) is 2. The van der Waals surface area contributed by atoms with E-state index in [9.17, 15) is 32.4 Å². The van der Waals surface area contributed by atoms with E-state index in [2.05, 4.69) is 15.0 Å². The van der Waals surface area contributed by atoms with Gasteiger partial charge in [-0.15, -0.1) is 13.2 Å². The number of carbonyl (C=O) groups is 1. The largest absolute Gasteiger partial charge is 0.573 e. The van der Waals surface area contributed by atoms with Gasteiger partial charge in [0.25, 0.3) is 5.91 Å². The average molecular weight is 517 g/mol. The summed E-state index contributed by atoms with van der Waals surface area (Å²) in [6.45, 7) is -0.347. The molecule has 2 bridgehead atoms. The number of amides is 1. The lowest BCUT2D eigenvalue weighted by atomic mass is 10.0. The normalized spacial score (nSPS) is 15.2. The van der Waals surface area contributed by atoms with E-state index in [1.165, 1.54) is 28.0 Å². The van der Waals surface area contributed by atoms with Gasteiger partial charge in [0.05, 0.1) is 28.2 Å². The molecule has 0 unspecified atom stereocenters. The minimum absolute atomic E-state index is 0.0644. The van der Waals surface area contributed by atoms with Crippen molar-refractivity contribution in [2.24, 2.45) is 0 Å². The first-order valence-electron chi connectivity index (χ1n) is 10.9. The maximum Gasteiger partial charge on any atom is 0.573 e. The molecule has 5 rings (SSSR count). The van der Waals surface area contributed by atoms with Crippen LogP contribution in [0, 0.1) is 23.0 Å². The summed E-state index contributed by atoms with van der Waals surface area (Å²) in [4.78, 5) is 30.8. The summed E-state index contributed by atoms with van der Waals surface area (Å²) in [7, 11) is 0. The van der Waals surface area contributed by atoms with E-state index < -0.39 is 35.2 Å². The number of rotatable bonds is 1. The van der Waals surface area contributed by atoms with Crippen molar-refractivity contribution in [1.29, 1.82) is 5.26 Å². The SMILES string of the molecule is N#Cc1cc2c(cc1F)C(=O)N1CN2c2ccc(OC(F)(F)F)c(F)c2CNCCc2[nH]c(=O)ccc21. The Kier molecular flexibility index (Phi) is 5.83. The standard InChI is InChI=1S/C24H16F5N5O3/c25-15-8-13-19(7-12(15)9-30)33-11-34(23(13)36)18-2-4-21(35)32-16(18)5-6-31-10-14-17(33)1-3-20(22(14)26)37-24(27,28)29/h1-4,7-8,31H,5-6,10-11H2,(H,32,35). The van der Waals surface area contributed by atoms with E-state index in [4.69, 9.17) is 0 Å². The van der Waals surface area contributed by atoms with Gasteiger partial charge in [0.15, 0.2) is 11.6 Å². The molecule has 0 radical (unpaired) electrons. The highest BCUT2D eigenvalue weighted by Crippen LogP contribution is 2.41. The second-order valence-electron chi connectivity index (χ2n) is 8.30. The number of nitrogens with one attached hydrogen (secondary N) is 2. The maximum atomic E-state index is 15.4. The highest BCUT2D eigenvalue weighted by Gasteiger charge is 2.37. The van der Waals surface area contributed by atoms with Gasteiger partial charge in [-0.25, -0.2) is 8.78 Å². The van der Waals surface area contributed by atoms with Crippen LogP contribution in [0.15, 0.2) is 41.2 Å². The Morgan fingerprint density at radius 1 is 1.00 bits per heavy atom. The summed E-state index contributed by atoms with van der Waals surface area (Å²) in [5.74, 6) is -3.92. The van der Waals surface area contributed by atoms with Gasteiger partial charge >= 0.3 is 6.36 Å². The number of benzene rings is 2. The molecular formula is C24H16F5N5O3. The lowest BCUT2D eigenvalue weighted by Gasteiger charge is -2.39. The number of ether oxygens (including phenoxy) is 1. The van der Waals surface area contributed by atoms with Crippen LogP contribution in [0.4, 0.5) is 39.0 Å². The molecule has 1 aromatic heterocycles. The number of nitrogens with zero attached hydrogens (tertiary/aromatic N) is 3. The van der Waals surface area contributed by atoms with Crippen molar-refractivity contribution in [2.45, 2.75) is 19.3 Å². The lowest BCUT2D eigenvalue weighted by Crippen LogP contribution is -2.46. The molecule has 13 heteroatoms. The smallest absolute Gasteiger partial charge is 0.403 e. The van der Waals surface area contributed by atoms with Gasteiger partial charge in [-0.1, -0.05) is 0 Å². The van der Waals surface area contributed by atoms with Gasteiger partial charge in [-0.2, -0.15) is 5.26 Å². The van der Waals surface area contributed by atoms with Crippen LogP contribution < -0.4 is 25.4 Å². The highest BCUT2D eigenvalue weighted by molar-refractivity contribution is 6.13. The molecule has 3 heterocycles. The number of nitriles is 1. The molecule has 0 spiro atoms. The predicted octanol–water partition coefficient (Wildman–Crippen LogP) is 3.83. The number of halogens is 5. The fourth-order valence-electron chi connectivity index (χ4n) is 4.45. The monoisotopic (exact) mass is 517 g/mol. The van der Waals surface area contributed by atoms with E-state index in [1.54, 1.807) is 6.07 Å². The Labute approximate surface area is 205 Å². The Balaban J connectivity index is 1.77. The van der Waals surface area contributed by atoms with Crippen molar-refractivity contribution < 1.29 is 31.5 Å². The number of fused-ring (bicyclic) bond motifs is 8. The third kappa shape index (κ3) is 4.36. The average Bonchev–Trinajstić information content (AvgIpc) is 2.86. The Morgan fingerprint density at radius 3 is 2.49 bits per heavy atom. The van der Waals surface area contributed by atoms with Crippen molar-refractivity contribution in [2.75, 3.05) is 23.0 Å². The molecule has 0 atom stereocenters. The van der Waals surface area contributed by atoms with E-state index in [-0.39, 0.29) is 54.2 Å². The first-order chi connectivity index (χ1) is 17.6. The minimum atomic E-state index is -5.14. The van der Waals surface area contributed by atoms with Gasteiger partial charge in [0, 0.05) is 36.8 Å². The molecule has 2 aliphatic heterocycles. The first kappa shape index (κ1) is 24.3. The molecule has 0 fully saturated rings. The molecule has 0 saturated heterocycles. The third-order valence-electron chi connectivity index (χ3n) is 6.07. The summed E-state index contributed by atoms with van der Waals surface area (Å²) < 4.78 is 72.4. The first-order valence-corrected chi connectivity index (χ1v) is 10.9. The van der Waals surface area contributed by atoms with Crippen molar-refractivity contribution >= 4 is 23.0 Å². The zero-order valence-electron chi connectivity index (χ0n) is 18.7. The van der Waals surface area contributed by atoms with Crippen LogP contribution >= 0.6 is 0 Å². The molecule has 190 valence electrons. The zero-order chi connectivity index (χ0) is 26.5. The van der Waals surface area contributed by atoms with Crippen LogP contribution in [-0.4, -0.2) is 30.5 Å². The van der Waals surface area contributed by atoms with Gasteiger partial charge in [-0.3, -0.25) is 14.5 Å². The lowest BCUT2D eigenvalue weighted by molar-refractivity contribution is -0.275. The van der Waals surface area contributed by atoms with Gasteiger partial charge < -0.3 is 19.9 Å². The van der Waals surface area contributed by atoms with Crippen LogP contribution in [0.1, 0.15) is 27.2 Å². The second kappa shape index (κ2) is 8.90. The molecule has 8 nitrogen and oxygen atoms in total. The van der Waals surface area contributed by atoms with Gasteiger partial charge in [0.1, 0.15) is 18.6 Å². The fraction of sp³-hybridized carbons (Fsp3) is 0.208. The molecule has 1 amide bonds. The zero-order valence-corrected chi connectivity index (χ0v) is 18.7. The van der Waals surface area contributed by atoms with E-state index in [0.717, 1.165) is 18.2 Å². The maximum absolute atomic E-state index is 15.4. The number of anilines is 3. The van der Waals surface area contributed by atoms with Crippen LogP contribution in [0.5, 0.6) is 5.75 Å². The number of hydrogen-bond acceptors (Lipinski definition) is 6. The second-order valence-corrected chi connectivity index (χ2v) is 8.30. The topological polar surface area (TPSA) is 101 Å². The van der Waals surface area contributed by atoms with Crippen molar-refractivity contribution in [3.63, 3.8) is 0 Å². The van der Waals surface area contributed by atoms with Crippen LogP contribution in [0.2, 0.25) is 0 Å². The van der Waals surface area contributed by atoms with Gasteiger partial charge in [0.2, 0.25) is 5.56 Å². The molecule has 2 N–H and O–H groups in total. The number of aromatic nitrogens is 1. The number of H-pyrrole nitrogens is 1. The molecule has 2 aromatic carbocycles. The van der Waals surface area contributed by atoms with Crippen molar-refractivity contribution in [1.82, 2.24) is 10.3 Å². The third-order valence-corrected chi connectivity index (χ3v) is 6.07. The van der Waals surface area contributed by atoms with E-state index in [1.807, 2.05) is 0 Å². The number of carbonyl (C=O) groups excluding carboxylic acids is 1. The van der Waals surface area contributed by atoms with E-state index in [0.29, 0.717) is 11.4 Å². The summed E-state index contributed by atoms with van der Waals surface area (Å²) in [5, 5.41) is 12.3. The Morgan fingerprint density at radius 2 is 1.76 bits per heavy atom. The minimum Gasteiger partial charge on any atom is -0.403 e. The van der Waals surface area contributed by atoms with Crippen LogP contribution in [-0.2, 0) is 13.0 Å². The predicted molar refractivity (Wildman–Crippen MR) is 120 cm³/mol. The molecular weight excluding hydrogens is 501 g/mol. The quantitative estimate of drug-likeness (QED) is 0.476. The number of pyridine rings is 1. The molecule has 0 aliphatic carbocycles. The summed E-state index contributed by atoms with van der Waals surface area (Å²) in [5.41, 5.74) is -0.347. The number of alkyl halides is 3. The molecule has 0 saturated carbocycles. The molecule has 2 aliphatic rings. The Hall–Kier alpha value is -4.44. The fourth-order valence-corrected chi connectivity index (χ4v) is 4.45.